The summed E-state index contributed by atoms with van der Waals surface area (Å²) in [6.45, 7) is 5.74. The summed E-state index contributed by atoms with van der Waals surface area (Å²) in [7, 11) is 2.15. The Morgan fingerprint density at radius 3 is 2.50 bits per heavy atom. The minimum atomic E-state index is -1.51. The number of nitrogens with zero attached hydrogens (tertiary/aromatic N) is 1. The van der Waals surface area contributed by atoms with Crippen molar-refractivity contribution < 1.29 is 39.0 Å². The van der Waals surface area contributed by atoms with Gasteiger partial charge in [0.05, 0.1) is 19.1 Å². The molecule has 1 saturated heterocycles. The minimum absolute atomic E-state index is 0.0697. The summed E-state index contributed by atoms with van der Waals surface area (Å²) in [5, 5.41) is 17.9. The van der Waals surface area contributed by atoms with Gasteiger partial charge in [0.1, 0.15) is 18.9 Å². The van der Waals surface area contributed by atoms with Crippen LogP contribution >= 0.6 is 11.6 Å². The van der Waals surface area contributed by atoms with Crippen molar-refractivity contribution in [3.05, 3.63) is 41.4 Å². The zero-order valence-corrected chi connectivity index (χ0v) is 17.6. The summed E-state index contributed by atoms with van der Waals surface area (Å²) in [6.07, 6.45) is 2.14. The van der Waals surface area contributed by atoms with E-state index < -0.39 is 11.9 Å². The molecule has 1 aromatic rings. The van der Waals surface area contributed by atoms with E-state index in [1.54, 1.807) is 24.3 Å². The molecule has 30 heavy (non-hydrogen) atoms. The number of rotatable bonds is 8. The molecule has 2 rings (SSSR count). The number of nitrogens with one attached hydrogen (secondary N) is 1. The van der Waals surface area contributed by atoms with Gasteiger partial charge < -0.3 is 34.3 Å². The summed E-state index contributed by atoms with van der Waals surface area (Å²) >= 11 is 5.78. The van der Waals surface area contributed by atoms with Crippen molar-refractivity contribution in [2.75, 3.05) is 53.0 Å². The Morgan fingerprint density at radius 1 is 1.20 bits per heavy atom. The standard InChI is InChI=1S/C16H23ClN2O3.C4H4O4/c1-18-7-2-8-19(10-9-18)11-12-21-16(20)13-22-15-5-3-14(17)4-6-15;5-3(6)1-2-4(7)8/h3-6H,2,7-13H2,1H3;1-2H,(H,5,6)(H,7,8)/b;2-1-. The van der Waals surface area contributed by atoms with Gasteiger partial charge in [-0.3, -0.25) is 0 Å². The second kappa shape index (κ2) is 14.4. The third-order valence-corrected chi connectivity index (χ3v) is 4.42. The van der Waals surface area contributed by atoms with Gasteiger partial charge in [-0.1, -0.05) is 11.6 Å². The maximum atomic E-state index is 11.7. The van der Waals surface area contributed by atoms with E-state index in [2.05, 4.69) is 11.9 Å². The summed E-state index contributed by atoms with van der Waals surface area (Å²) in [4.78, 5) is 34.5. The van der Waals surface area contributed by atoms with E-state index in [-0.39, 0.29) is 12.6 Å². The average Bonchev–Trinajstić information content (AvgIpc) is 2.91. The van der Waals surface area contributed by atoms with Crippen molar-refractivity contribution in [1.29, 1.82) is 0 Å². The van der Waals surface area contributed by atoms with Gasteiger partial charge in [0.15, 0.2) is 6.61 Å². The third-order valence-electron chi connectivity index (χ3n) is 4.17. The van der Waals surface area contributed by atoms with Crippen LogP contribution < -0.4 is 14.7 Å². The van der Waals surface area contributed by atoms with Crippen molar-refractivity contribution in [2.45, 2.75) is 6.42 Å². The Morgan fingerprint density at radius 2 is 1.90 bits per heavy atom. The highest BCUT2D eigenvalue weighted by atomic mass is 35.5. The number of hydrogen-bond donors (Lipinski definition) is 2. The molecule has 0 aliphatic carbocycles. The van der Waals surface area contributed by atoms with E-state index >= 15 is 0 Å². The Kier molecular flexibility index (Phi) is 12.2. The van der Waals surface area contributed by atoms with Crippen molar-refractivity contribution in [1.82, 2.24) is 4.90 Å². The Labute approximate surface area is 180 Å². The number of halogens is 1. The lowest BCUT2D eigenvalue weighted by atomic mass is 10.3. The summed E-state index contributed by atoms with van der Waals surface area (Å²) in [6, 6.07) is 6.91. The van der Waals surface area contributed by atoms with Crippen LogP contribution in [0.1, 0.15) is 6.42 Å². The highest BCUT2D eigenvalue weighted by Gasteiger charge is 2.15. The second-order valence-corrected chi connectivity index (χ2v) is 7.05. The van der Waals surface area contributed by atoms with Crippen LogP contribution in [-0.4, -0.2) is 80.9 Å². The SMILES string of the molecule is CN1CCC[NH+](CCOC(=O)COc2ccc(Cl)cc2)CC1.O=C([O-])/C=C\C(=O)O. The first-order chi connectivity index (χ1) is 14.3. The molecule has 1 unspecified atom stereocenters. The highest BCUT2D eigenvalue weighted by Crippen LogP contribution is 2.15. The number of carbonyl (C=O) groups is 3. The Hall–Kier alpha value is -2.62. The number of benzene rings is 1. The quantitative estimate of drug-likeness (QED) is 0.383. The maximum absolute atomic E-state index is 11.7. The third kappa shape index (κ3) is 12.8. The first kappa shape index (κ1) is 25.4. The van der Waals surface area contributed by atoms with Gasteiger partial charge in [0.2, 0.25) is 0 Å². The lowest BCUT2D eigenvalue weighted by molar-refractivity contribution is -0.898. The van der Waals surface area contributed by atoms with E-state index in [1.807, 2.05) is 0 Å². The zero-order chi connectivity index (χ0) is 22.4. The van der Waals surface area contributed by atoms with Crippen LogP contribution in [0.3, 0.4) is 0 Å². The van der Waals surface area contributed by atoms with Gasteiger partial charge in [-0.25, -0.2) is 9.59 Å². The lowest BCUT2D eigenvalue weighted by Gasteiger charge is -2.17. The fourth-order valence-corrected chi connectivity index (χ4v) is 2.72. The molecule has 0 aromatic heterocycles. The number of carbonyl (C=O) groups excluding carboxylic acids is 2. The Balaban J connectivity index is 0.000000479. The van der Waals surface area contributed by atoms with Gasteiger partial charge in [-0.15, -0.1) is 0 Å². The number of ether oxygens (including phenoxy) is 2. The smallest absolute Gasteiger partial charge is 0.344 e. The molecule has 2 N–H and O–H groups in total. The summed E-state index contributed by atoms with van der Waals surface area (Å²) < 4.78 is 10.6. The normalized spacial score (nSPS) is 16.8. The predicted molar refractivity (Wildman–Crippen MR) is 107 cm³/mol. The van der Waals surface area contributed by atoms with Crippen molar-refractivity contribution in [3.8, 4) is 5.75 Å². The predicted octanol–water partition coefficient (Wildman–Crippen LogP) is -1.14. The van der Waals surface area contributed by atoms with Crippen LogP contribution in [0.4, 0.5) is 0 Å². The van der Waals surface area contributed by atoms with Gasteiger partial charge in [0.25, 0.3) is 0 Å². The number of esters is 1. The largest absolute Gasteiger partial charge is 0.545 e. The molecular weight excluding hydrogens is 416 g/mol. The second-order valence-electron chi connectivity index (χ2n) is 6.61. The minimum Gasteiger partial charge on any atom is -0.545 e. The highest BCUT2D eigenvalue weighted by molar-refractivity contribution is 6.30. The van der Waals surface area contributed by atoms with Gasteiger partial charge in [0, 0.05) is 30.6 Å². The van der Waals surface area contributed by atoms with E-state index in [4.69, 9.17) is 26.2 Å². The molecule has 0 saturated carbocycles. The molecule has 9 nitrogen and oxygen atoms in total. The first-order valence-electron chi connectivity index (χ1n) is 9.44. The molecule has 1 heterocycles. The van der Waals surface area contributed by atoms with Crippen LogP contribution in [0.15, 0.2) is 36.4 Å². The van der Waals surface area contributed by atoms with Crippen LogP contribution in [-0.2, 0) is 19.1 Å². The molecule has 1 aliphatic heterocycles. The number of hydrogen-bond acceptors (Lipinski definition) is 7. The number of quaternary nitrogens is 1. The molecule has 0 bridgehead atoms. The topological polar surface area (TPSA) is 121 Å². The molecule has 1 aromatic carbocycles. The molecule has 1 fully saturated rings. The summed E-state index contributed by atoms with van der Waals surface area (Å²) in [5.74, 6) is -2.52. The van der Waals surface area contributed by atoms with E-state index in [1.165, 1.54) is 11.3 Å². The van der Waals surface area contributed by atoms with Gasteiger partial charge in [-0.2, -0.15) is 0 Å². The van der Waals surface area contributed by atoms with Crippen LogP contribution in [0.2, 0.25) is 5.02 Å². The fourth-order valence-electron chi connectivity index (χ4n) is 2.60. The molecule has 1 aliphatic rings. The van der Waals surface area contributed by atoms with Crippen molar-refractivity contribution >= 4 is 29.5 Å². The Bertz CT molecular complexity index is 694. The van der Waals surface area contributed by atoms with Gasteiger partial charge in [-0.05, 0) is 37.4 Å². The van der Waals surface area contributed by atoms with E-state index in [9.17, 15) is 19.5 Å². The molecule has 1 atom stereocenters. The average molecular weight is 443 g/mol. The maximum Gasteiger partial charge on any atom is 0.344 e. The van der Waals surface area contributed by atoms with E-state index in [0.29, 0.717) is 29.5 Å². The number of carboxylic acid groups (broad SMARTS) is 2. The van der Waals surface area contributed by atoms with Crippen molar-refractivity contribution in [2.24, 2.45) is 0 Å². The fraction of sp³-hybridized carbons (Fsp3) is 0.450. The number of likely N-dealkylation sites (N-methyl/N-ethyl adjacent to an activating group) is 1. The van der Waals surface area contributed by atoms with Crippen LogP contribution in [0.5, 0.6) is 5.75 Å². The van der Waals surface area contributed by atoms with Gasteiger partial charge >= 0.3 is 11.9 Å². The molecule has 0 amide bonds. The molecular formula is C20H27ClN2O7. The zero-order valence-electron chi connectivity index (χ0n) is 16.8. The van der Waals surface area contributed by atoms with Crippen molar-refractivity contribution in [3.63, 3.8) is 0 Å². The van der Waals surface area contributed by atoms with Crippen LogP contribution in [0.25, 0.3) is 0 Å². The monoisotopic (exact) mass is 442 g/mol. The molecule has 0 radical (unpaired) electrons. The summed E-state index contributed by atoms with van der Waals surface area (Å²) in [5.41, 5.74) is 0. The number of carboxylic acids is 2. The molecule has 10 heteroatoms. The van der Waals surface area contributed by atoms with Crippen LogP contribution in [0, 0.1) is 0 Å². The molecule has 166 valence electrons. The molecule has 0 spiro atoms. The lowest BCUT2D eigenvalue weighted by Crippen LogP contribution is -3.12. The van der Waals surface area contributed by atoms with E-state index in [0.717, 1.165) is 32.7 Å². The first-order valence-corrected chi connectivity index (χ1v) is 9.82. The number of aliphatic carboxylic acids is 2.